The highest BCUT2D eigenvalue weighted by molar-refractivity contribution is 5.94. The molecule has 1 aliphatic heterocycles. The summed E-state index contributed by atoms with van der Waals surface area (Å²) in [7, 11) is 2.74. The summed E-state index contributed by atoms with van der Waals surface area (Å²) < 4.78 is 48.4. The quantitative estimate of drug-likeness (QED) is 0.154. The van der Waals surface area contributed by atoms with E-state index in [0.717, 1.165) is 0 Å². The van der Waals surface area contributed by atoms with Crippen LogP contribution in [0.3, 0.4) is 0 Å². The van der Waals surface area contributed by atoms with E-state index in [-0.39, 0.29) is 35.3 Å². The molecule has 1 heterocycles. The van der Waals surface area contributed by atoms with Crippen LogP contribution >= 0.6 is 0 Å². The fourth-order valence-electron chi connectivity index (χ4n) is 10.7. The van der Waals surface area contributed by atoms with Crippen molar-refractivity contribution in [2.75, 3.05) is 20.8 Å². The van der Waals surface area contributed by atoms with Crippen molar-refractivity contribution in [3.8, 4) is 0 Å². The first kappa shape index (κ1) is 51.2. The third-order valence-corrected chi connectivity index (χ3v) is 13.8. The van der Waals surface area contributed by atoms with E-state index in [0.29, 0.717) is 4.90 Å². The number of aliphatic hydroxyl groups excluding tert-OH is 1. The summed E-state index contributed by atoms with van der Waals surface area (Å²) in [6, 6.07) is 14.0. The van der Waals surface area contributed by atoms with E-state index >= 15 is 4.79 Å². The minimum absolute atomic E-state index is 0.0858. The number of methoxy groups -OCH3 is 2. The van der Waals surface area contributed by atoms with Crippen LogP contribution in [0.25, 0.3) is 0 Å². The molecule has 3 aliphatic carbocycles. The van der Waals surface area contributed by atoms with Crippen molar-refractivity contribution in [3.05, 3.63) is 82.9 Å². The Morgan fingerprint density at radius 3 is 1.87 bits per heavy atom. The highest BCUT2D eigenvalue weighted by atomic mass is 16.6. The second-order valence-electron chi connectivity index (χ2n) is 20.6. The molecule has 2 N–H and O–H groups in total. The van der Waals surface area contributed by atoms with E-state index in [4.69, 9.17) is 37.9 Å². The molecule has 4 aliphatic rings. The molecule has 11 atom stereocenters. The second kappa shape index (κ2) is 18.4. The first-order valence-corrected chi connectivity index (χ1v) is 22.4. The van der Waals surface area contributed by atoms with Crippen molar-refractivity contribution in [2.45, 2.75) is 154 Å². The molecule has 17 nitrogen and oxygen atoms in total. The van der Waals surface area contributed by atoms with E-state index in [1.807, 2.05) is 0 Å². The monoisotopic (exact) mass is 935 g/mol. The first-order valence-electron chi connectivity index (χ1n) is 22.4. The van der Waals surface area contributed by atoms with Crippen molar-refractivity contribution in [1.82, 2.24) is 4.90 Å². The van der Waals surface area contributed by atoms with Crippen molar-refractivity contribution in [2.24, 2.45) is 16.7 Å². The van der Waals surface area contributed by atoms with Crippen molar-refractivity contribution in [1.29, 1.82) is 0 Å². The van der Waals surface area contributed by atoms with Gasteiger partial charge in [0.25, 0.3) is 0 Å². The van der Waals surface area contributed by atoms with Crippen molar-refractivity contribution >= 4 is 35.9 Å². The molecule has 3 fully saturated rings. The number of hydrogen-bond donors (Lipinski definition) is 2. The Labute approximate surface area is 391 Å². The van der Waals surface area contributed by atoms with Gasteiger partial charge >= 0.3 is 30.1 Å². The Kier molecular flexibility index (Phi) is 14.0. The van der Waals surface area contributed by atoms with Crippen LogP contribution in [0.15, 0.2) is 71.8 Å². The Morgan fingerprint density at radius 2 is 1.39 bits per heavy atom. The Morgan fingerprint density at radius 1 is 0.836 bits per heavy atom. The molecule has 0 spiro atoms. The van der Waals surface area contributed by atoms with Gasteiger partial charge < -0.3 is 48.1 Å². The lowest BCUT2D eigenvalue weighted by atomic mass is 9.44. The summed E-state index contributed by atoms with van der Waals surface area (Å²) in [5.41, 5.74) is -8.81. The zero-order chi connectivity index (χ0) is 49.8. The molecule has 1 saturated heterocycles. The van der Waals surface area contributed by atoms with Crippen LogP contribution in [-0.2, 0) is 52.3 Å². The average molecular weight is 936 g/mol. The normalized spacial score (nSPS) is 30.9. The molecule has 0 radical (unpaired) electrons. The van der Waals surface area contributed by atoms with Gasteiger partial charge in [0.05, 0.1) is 29.6 Å². The molecular weight excluding hydrogens is 871 g/mol. The maximum absolute atomic E-state index is 15.7. The minimum Gasteiger partial charge on any atom is -0.456 e. The summed E-state index contributed by atoms with van der Waals surface area (Å²) >= 11 is 0. The standard InChI is InChI=1S/C50H65NO16/c1-27-31(63-42(56)36(53)35(29-20-16-14-17-21-29)51(43(57)66-45(3,4)5)44(58)67-46(6,7)8)25-50(59)40(64-41(55)30-22-18-15-19-23-30)38-48(11,39(54)37(61-13)34(27)47(50,9)10)32(60-12)24-33-49(38,26-62-33)65-28(2)52/h14-23,31-33,35-38,40,53,59H,24-26H2,1-13H3/t31-,32-,33+,35-,36+,37+,38-,40-,48+,49-,50+/m0/s1. The lowest BCUT2D eigenvalue weighted by Gasteiger charge is -2.67. The van der Waals surface area contributed by atoms with Gasteiger partial charge in [-0.05, 0) is 84.2 Å². The predicted molar refractivity (Wildman–Crippen MR) is 238 cm³/mol. The number of Topliss-reactive ketones (excluding diaryl/α,β-unsaturated/α-hetero) is 1. The number of ketones is 1. The van der Waals surface area contributed by atoms with Crippen LogP contribution in [-0.4, -0.2) is 131 Å². The number of hydrogen-bond acceptors (Lipinski definition) is 16. The molecule has 2 aromatic carbocycles. The molecule has 2 bridgehead atoms. The fourth-order valence-corrected chi connectivity index (χ4v) is 10.7. The summed E-state index contributed by atoms with van der Waals surface area (Å²) in [5.74, 6) is -4.88. The Hall–Kier alpha value is -5.20. The zero-order valence-electron chi connectivity index (χ0n) is 40.6. The van der Waals surface area contributed by atoms with Crippen LogP contribution in [0.1, 0.15) is 111 Å². The van der Waals surface area contributed by atoms with Crippen LogP contribution in [0, 0.1) is 16.7 Å². The van der Waals surface area contributed by atoms with Gasteiger partial charge in [-0.15, -0.1) is 0 Å². The maximum Gasteiger partial charge on any atom is 0.420 e. The van der Waals surface area contributed by atoms with E-state index in [1.165, 1.54) is 45.4 Å². The summed E-state index contributed by atoms with van der Waals surface area (Å²) in [6.45, 7) is 17.0. The number of fused-ring (bicyclic) bond motifs is 5. The van der Waals surface area contributed by atoms with E-state index in [2.05, 4.69) is 0 Å². The number of ether oxygens (including phenoxy) is 8. The van der Waals surface area contributed by atoms with Gasteiger partial charge in [0, 0.05) is 39.4 Å². The maximum atomic E-state index is 15.7. The molecule has 67 heavy (non-hydrogen) atoms. The van der Waals surface area contributed by atoms with Gasteiger partial charge in [0.1, 0.15) is 47.3 Å². The number of esters is 3. The predicted octanol–water partition coefficient (Wildman–Crippen LogP) is 6.22. The molecule has 2 saturated carbocycles. The van der Waals surface area contributed by atoms with Crippen LogP contribution in [0.5, 0.6) is 0 Å². The SMILES string of the molecule is CO[C@H]1C(=O)[C@]2(C)[C@@H](OC)C[C@H]3OC[C@@]3(OC(C)=O)[C@H]2[C@H](OC(=O)c2ccccc2)[C@]2(O)C[C@H](OC(=O)[C@H](O)[C@H](c3ccccc3)N(C(=O)OC(C)(C)C)C(=O)OC(C)(C)C)C(C)=C1C2(C)C. The number of benzene rings is 2. The van der Waals surface area contributed by atoms with Gasteiger partial charge in [-0.25, -0.2) is 24.1 Å². The third-order valence-electron chi connectivity index (χ3n) is 13.8. The minimum atomic E-state index is -2.31. The molecule has 366 valence electrons. The largest absolute Gasteiger partial charge is 0.456 e. The Balaban J connectivity index is 1.55. The number of aliphatic hydroxyl groups is 2. The lowest BCUT2D eigenvalue weighted by molar-refractivity contribution is -0.347. The summed E-state index contributed by atoms with van der Waals surface area (Å²) in [4.78, 5) is 86.5. The summed E-state index contributed by atoms with van der Waals surface area (Å²) in [6.07, 6.45) is -11.7. The van der Waals surface area contributed by atoms with E-state index in [1.54, 1.807) is 106 Å². The van der Waals surface area contributed by atoms with Gasteiger partial charge in [0.15, 0.2) is 17.5 Å². The van der Waals surface area contributed by atoms with Crippen LogP contribution < -0.4 is 0 Å². The fraction of sp³-hybridized carbons (Fsp3) is 0.600. The first-order chi connectivity index (χ1) is 31.1. The van der Waals surface area contributed by atoms with Crippen LogP contribution in [0.4, 0.5) is 9.59 Å². The highest BCUT2D eigenvalue weighted by Crippen LogP contribution is 2.65. The van der Waals surface area contributed by atoms with E-state index < -0.39 is 124 Å². The molecule has 17 heteroatoms. The van der Waals surface area contributed by atoms with Gasteiger partial charge in [0.2, 0.25) is 0 Å². The molecule has 0 unspecified atom stereocenters. The number of rotatable bonds is 10. The van der Waals surface area contributed by atoms with E-state index in [9.17, 15) is 34.2 Å². The molecule has 2 aromatic rings. The molecular formula is C50H65NO16. The van der Waals surface area contributed by atoms with Gasteiger partial charge in [-0.3, -0.25) is 9.59 Å². The van der Waals surface area contributed by atoms with Crippen molar-refractivity contribution < 1.29 is 76.9 Å². The van der Waals surface area contributed by atoms with Crippen LogP contribution in [0.2, 0.25) is 0 Å². The molecule has 6 rings (SSSR count). The number of imide groups is 1. The van der Waals surface area contributed by atoms with Gasteiger partial charge in [-0.1, -0.05) is 62.4 Å². The second-order valence-corrected chi connectivity index (χ2v) is 20.6. The van der Waals surface area contributed by atoms with Crippen molar-refractivity contribution in [3.63, 3.8) is 0 Å². The number of carbonyl (C=O) groups excluding carboxylic acids is 6. The average Bonchev–Trinajstić information content (AvgIpc) is 3.23. The molecule has 2 amide bonds. The summed E-state index contributed by atoms with van der Waals surface area (Å²) in [5, 5.41) is 26.1. The Bertz CT molecular complexity index is 2240. The number of amides is 2. The topological polar surface area (TPSA) is 220 Å². The third kappa shape index (κ3) is 9.12. The smallest absolute Gasteiger partial charge is 0.420 e. The lowest BCUT2D eigenvalue weighted by Crippen LogP contribution is -2.82. The molecule has 0 aromatic heterocycles. The highest BCUT2D eigenvalue weighted by Gasteiger charge is 2.78. The van der Waals surface area contributed by atoms with Gasteiger partial charge in [-0.2, -0.15) is 0 Å². The number of nitrogens with zero attached hydrogens (tertiary/aromatic N) is 1. The number of carbonyl (C=O) groups is 6. The zero-order valence-corrected chi connectivity index (χ0v) is 40.6.